The first-order valence-electron chi connectivity index (χ1n) is 6.36. The van der Waals surface area contributed by atoms with Crippen LogP contribution in [0.3, 0.4) is 0 Å². The number of pyridine rings is 1. The van der Waals surface area contributed by atoms with E-state index in [1.807, 2.05) is 38.1 Å². The molecule has 19 heavy (non-hydrogen) atoms. The quantitative estimate of drug-likeness (QED) is 0.870. The van der Waals surface area contributed by atoms with Gasteiger partial charge < -0.3 is 5.32 Å². The number of halogens is 1. The van der Waals surface area contributed by atoms with Gasteiger partial charge in [-0.15, -0.1) is 11.6 Å². The second kappa shape index (κ2) is 6.02. The molecule has 0 aliphatic carbocycles. The number of para-hydroxylation sites is 1. The first-order chi connectivity index (χ1) is 9.08. The Hall–Kier alpha value is -1.61. The average molecular weight is 277 g/mol. The summed E-state index contributed by atoms with van der Waals surface area (Å²) in [5, 5.41) is 3.88. The number of benzene rings is 1. The number of alkyl halides is 1. The molecule has 1 amide bonds. The first-order valence-corrected chi connectivity index (χ1v) is 6.80. The summed E-state index contributed by atoms with van der Waals surface area (Å²) in [4.78, 5) is 16.5. The number of carbonyl (C=O) groups excluding carboxylic acids is 1. The van der Waals surface area contributed by atoms with Crippen LogP contribution in [-0.4, -0.2) is 22.3 Å². The van der Waals surface area contributed by atoms with E-state index in [1.165, 1.54) is 0 Å². The van der Waals surface area contributed by atoms with Crippen LogP contribution >= 0.6 is 11.6 Å². The lowest BCUT2D eigenvalue weighted by Crippen LogP contribution is -2.34. The van der Waals surface area contributed by atoms with Crippen molar-refractivity contribution < 1.29 is 4.79 Å². The Morgan fingerprint density at radius 1 is 1.32 bits per heavy atom. The summed E-state index contributed by atoms with van der Waals surface area (Å²) in [7, 11) is 0. The number of fused-ring (bicyclic) bond motifs is 1. The van der Waals surface area contributed by atoms with Crippen LogP contribution in [0.1, 0.15) is 30.6 Å². The van der Waals surface area contributed by atoms with Crippen molar-refractivity contribution in [2.45, 2.75) is 31.7 Å². The molecule has 1 N–H and O–H groups in total. The molecule has 0 bridgehead atoms. The minimum absolute atomic E-state index is 0.0458. The van der Waals surface area contributed by atoms with Crippen LogP contribution < -0.4 is 5.32 Å². The van der Waals surface area contributed by atoms with E-state index in [9.17, 15) is 4.79 Å². The molecule has 0 aliphatic heterocycles. The van der Waals surface area contributed by atoms with E-state index in [4.69, 9.17) is 11.6 Å². The van der Waals surface area contributed by atoms with Gasteiger partial charge in [-0.1, -0.05) is 18.2 Å². The summed E-state index contributed by atoms with van der Waals surface area (Å²) in [6.45, 7) is 3.88. The highest BCUT2D eigenvalue weighted by molar-refractivity contribution is 6.20. The van der Waals surface area contributed by atoms with Crippen LogP contribution in [0.4, 0.5) is 0 Å². The van der Waals surface area contributed by atoms with Gasteiger partial charge in [0.05, 0.1) is 11.1 Å². The van der Waals surface area contributed by atoms with Crippen molar-refractivity contribution in [1.82, 2.24) is 10.3 Å². The van der Waals surface area contributed by atoms with Gasteiger partial charge in [-0.25, -0.2) is 0 Å². The van der Waals surface area contributed by atoms with Gasteiger partial charge in [-0.3, -0.25) is 9.78 Å². The van der Waals surface area contributed by atoms with Crippen molar-refractivity contribution in [3.05, 3.63) is 42.1 Å². The van der Waals surface area contributed by atoms with Crippen molar-refractivity contribution in [2.24, 2.45) is 0 Å². The molecule has 0 spiro atoms. The highest BCUT2D eigenvalue weighted by Gasteiger charge is 2.14. The van der Waals surface area contributed by atoms with Crippen molar-refractivity contribution >= 4 is 28.4 Å². The molecule has 2 rings (SSSR count). The summed E-state index contributed by atoms with van der Waals surface area (Å²) in [6, 6.07) is 9.42. The van der Waals surface area contributed by atoms with Gasteiger partial charge in [0.15, 0.2) is 0 Å². The zero-order valence-corrected chi connectivity index (χ0v) is 11.8. The molecule has 2 unspecified atom stereocenters. The molecule has 1 aromatic carbocycles. The standard InChI is InChI=1S/C15H17ClN2O/c1-10(16)9-11(2)18-15(19)13-7-8-17-14-6-4-3-5-12(13)14/h3-8,10-11H,9H2,1-2H3,(H,18,19). The van der Waals surface area contributed by atoms with E-state index in [0.717, 1.165) is 17.3 Å². The van der Waals surface area contributed by atoms with Gasteiger partial charge in [0.1, 0.15) is 0 Å². The molecule has 1 heterocycles. The maximum absolute atomic E-state index is 12.3. The van der Waals surface area contributed by atoms with E-state index in [2.05, 4.69) is 10.3 Å². The van der Waals surface area contributed by atoms with Crippen LogP contribution in [0, 0.1) is 0 Å². The van der Waals surface area contributed by atoms with Gasteiger partial charge in [-0.05, 0) is 32.4 Å². The van der Waals surface area contributed by atoms with Gasteiger partial charge in [0.25, 0.3) is 5.91 Å². The lowest BCUT2D eigenvalue weighted by Gasteiger charge is -2.15. The molecular formula is C15H17ClN2O. The number of nitrogens with one attached hydrogen (secondary N) is 1. The molecule has 2 aromatic rings. The van der Waals surface area contributed by atoms with Crippen molar-refractivity contribution in [3.63, 3.8) is 0 Å². The number of hydrogen-bond donors (Lipinski definition) is 1. The SMILES string of the molecule is CC(Cl)CC(C)NC(=O)c1ccnc2ccccc12. The summed E-state index contributed by atoms with van der Waals surface area (Å²) >= 11 is 5.94. The zero-order valence-electron chi connectivity index (χ0n) is 11.1. The molecule has 0 saturated heterocycles. The van der Waals surface area contributed by atoms with Crippen LogP contribution in [0.15, 0.2) is 36.5 Å². The van der Waals surface area contributed by atoms with Crippen molar-refractivity contribution in [3.8, 4) is 0 Å². The monoisotopic (exact) mass is 276 g/mol. The Morgan fingerprint density at radius 3 is 2.79 bits per heavy atom. The minimum atomic E-state index is -0.0802. The second-order valence-corrected chi connectivity index (χ2v) is 5.51. The summed E-state index contributed by atoms with van der Waals surface area (Å²) in [6.07, 6.45) is 2.41. The van der Waals surface area contributed by atoms with Gasteiger partial charge >= 0.3 is 0 Å². The summed E-state index contributed by atoms with van der Waals surface area (Å²) < 4.78 is 0. The van der Waals surface area contributed by atoms with Crippen LogP contribution in [0.25, 0.3) is 10.9 Å². The summed E-state index contributed by atoms with van der Waals surface area (Å²) in [5.41, 5.74) is 1.48. The molecule has 0 fully saturated rings. The summed E-state index contributed by atoms with van der Waals surface area (Å²) in [5.74, 6) is -0.0802. The fourth-order valence-corrected chi connectivity index (χ4v) is 2.41. The molecule has 2 atom stereocenters. The lowest BCUT2D eigenvalue weighted by atomic mass is 10.1. The molecule has 4 heteroatoms. The van der Waals surface area contributed by atoms with Crippen LogP contribution in [0.5, 0.6) is 0 Å². The Morgan fingerprint density at radius 2 is 2.05 bits per heavy atom. The predicted molar refractivity (Wildman–Crippen MR) is 78.6 cm³/mol. The number of amides is 1. The lowest BCUT2D eigenvalue weighted by molar-refractivity contribution is 0.0940. The minimum Gasteiger partial charge on any atom is -0.350 e. The number of carbonyl (C=O) groups is 1. The largest absolute Gasteiger partial charge is 0.350 e. The average Bonchev–Trinajstić information content (AvgIpc) is 2.36. The van der Waals surface area contributed by atoms with Crippen molar-refractivity contribution in [1.29, 1.82) is 0 Å². The third-order valence-corrected chi connectivity index (χ3v) is 3.13. The van der Waals surface area contributed by atoms with Gasteiger partial charge in [-0.2, -0.15) is 0 Å². The third kappa shape index (κ3) is 3.44. The third-order valence-electron chi connectivity index (χ3n) is 2.95. The zero-order chi connectivity index (χ0) is 13.8. The number of hydrogen-bond acceptors (Lipinski definition) is 2. The fourth-order valence-electron chi connectivity index (χ4n) is 2.14. The Bertz CT molecular complexity index is 578. The molecule has 100 valence electrons. The second-order valence-electron chi connectivity index (χ2n) is 4.77. The molecule has 0 radical (unpaired) electrons. The first kappa shape index (κ1) is 13.8. The van der Waals surface area contributed by atoms with Crippen molar-refractivity contribution in [2.75, 3.05) is 0 Å². The number of nitrogens with zero attached hydrogens (tertiary/aromatic N) is 1. The molecule has 1 aromatic heterocycles. The van der Waals surface area contributed by atoms with E-state index >= 15 is 0 Å². The number of rotatable bonds is 4. The van der Waals surface area contributed by atoms with E-state index in [1.54, 1.807) is 12.3 Å². The Labute approximate surface area is 118 Å². The van der Waals surface area contributed by atoms with E-state index in [-0.39, 0.29) is 17.3 Å². The van der Waals surface area contributed by atoms with Crippen LogP contribution in [0.2, 0.25) is 0 Å². The normalized spacial score (nSPS) is 14.1. The van der Waals surface area contributed by atoms with E-state index in [0.29, 0.717) is 5.56 Å². The smallest absolute Gasteiger partial charge is 0.252 e. The Balaban J connectivity index is 2.22. The molecule has 0 aliphatic rings. The Kier molecular flexibility index (Phi) is 4.38. The molecular weight excluding hydrogens is 260 g/mol. The highest BCUT2D eigenvalue weighted by Crippen LogP contribution is 2.16. The number of aromatic nitrogens is 1. The van der Waals surface area contributed by atoms with Gasteiger partial charge in [0.2, 0.25) is 0 Å². The van der Waals surface area contributed by atoms with Crippen LogP contribution in [-0.2, 0) is 0 Å². The molecule has 0 saturated carbocycles. The van der Waals surface area contributed by atoms with E-state index < -0.39 is 0 Å². The topological polar surface area (TPSA) is 42.0 Å². The maximum atomic E-state index is 12.3. The highest BCUT2D eigenvalue weighted by atomic mass is 35.5. The predicted octanol–water partition coefficient (Wildman–Crippen LogP) is 3.37. The fraction of sp³-hybridized carbons (Fsp3) is 0.333. The molecule has 3 nitrogen and oxygen atoms in total. The maximum Gasteiger partial charge on any atom is 0.252 e. The van der Waals surface area contributed by atoms with Gasteiger partial charge in [0, 0.05) is 23.0 Å².